The van der Waals surface area contributed by atoms with Gasteiger partial charge in [0.15, 0.2) is 5.75 Å². The van der Waals surface area contributed by atoms with Crippen LogP contribution in [0.25, 0.3) is 10.2 Å². The SMILES string of the molecule is Cc1nc(C(=O)N2CCOC3(CCN(Cc4cc(F)cc(CCNC[C@H](OC(=O)C(F)(F)F)c5ccc(OC(=O)C(F)(F)F)c6[nH]c(=O)sc56)c4)CC3)C2)cs1. The highest BCUT2D eigenvalue weighted by molar-refractivity contribution is 7.16. The molecule has 6 rings (SSSR count). The third kappa shape index (κ3) is 9.92. The van der Waals surface area contributed by atoms with Gasteiger partial charge in [-0.05, 0) is 68.1 Å². The number of hydrogen-bond acceptors (Lipinski definition) is 12. The number of ether oxygens (including phenoxy) is 3. The molecule has 0 bridgehead atoms. The molecular weight excluding hydrogens is 800 g/mol. The Bertz CT molecular complexity index is 2140. The van der Waals surface area contributed by atoms with Gasteiger partial charge in [-0.1, -0.05) is 17.4 Å². The monoisotopic (exact) mass is 833 g/mol. The van der Waals surface area contributed by atoms with Crippen molar-refractivity contribution in [1.82, 2.24) is 25.1 Å². The molecule has 0 aliphatic carbocycles. The summed E-state index contributed by atoms with van der Waals surface area (Å²) in [6, 6.07) is 6.33. The van der Waals surface area contributed by atoms with Crippen LogP contribution >= 0.6 is 22.7 Å². The van der Waals surface area contributed by atoms with Gasteiger partial charge in [-0.2, -0.15) is 26.3 Å². The molecule has 1 spiro atoms. The van der Waals surface area contributed by atoms with Crippen molar-refractivity contribution < 1.29 is 59.3 Å². The second-order valence-corrected chi connectivity index (χ2v) is 15.4. The van der Waals surface area contributed by atoms with Crippen LogP contribution in [-0.2, 0) is 32.0 Å². The molecule has 2 fully saturated rings. The van der Waals surface area contributed by atoms with Gasteiger partial charge in [0.25, 0.3) is 5.91 Å². The summed E-state index contributed by atoms with van der Waals surface area (Å²) in [6.07, 6.45) is -11.0. The Balaban J connectivity index is 1.07. The zero-order valence-corrected chi connectivity index (χ0v) is 31.1. The second-order valence-electron chi connectivity index (χ2n) is 13.4. The molecule has 1 atom stereocenters. The molecule has 2 aliphatic rings. The highest BCUT2D eigenvalue weighted by Gasteiger charge is 2.44. The van der Waals surface area contributed by atoms with Crippen molar-refractivity contribution in [2.45, 2.75) is 56.8 Å². The van der Waals surface area contributed by atoms with Gasteiger partial charge in [-0.25, -0.2) is 19.0 Å². The van der Waals surface area contributed by atoms with Crippen LogP contribution in [0.5, 0.6) is 5.75 Å². The van der Waals surface area contributed by atoms with E-state index in [0.717, 1.165) is 17.1 Å². The molecule has 1 amide bonds. The number of likely N-dealkylation sites (tertiary alicyclic amines) is 1. The number of H-pyrrole nitrogens is 1. The number of benzene rings is 2. The number of hydrogen-bond donors (Lipinski definition) is 2. The standard InChI is InChI=1S/C35H34F7N5O7S2/c1-19-44-24(17-55-19)29(48)47-10-11-52-33(18-47)5-8-46(9-6-33)16-21-12-20(13-22(36)14-21)4-7-43-15-26(54-31(50)35(40,41)42)23-2-3-25(53-30(49)34(37,38)39)27-28(23)56-32(51)45-27/h2-3,12-14,17,26,43H,4-11,15-16,18H2,1H3,(H,45,51)/t26-/m0/s1. The summed E-state index contributed by atoms with van der Waals surface area (Å²) < 4.78 is 108. The molecule has 302 valence electrons. The largest absolute Gasteiger partial charge is 0.491 e. The van der Waals surface area contributed by atoms with Crippen LogP contribution < -0.4 is 14.9 Å². The lowest BCUT2D eigenvalue weighted by Crippen LogP contribution is -2.58. The topological polar surface area (TPSA) is 143 Å². The van der Waals surface area contributed by atoms with Crippen molar-refractivity contribution in [3.8, 4) is 5.75 Å². The number of aryl methyl sites for hydroxylation is 1. The maximum absolute atomic E-state index is 14.8. The number of thiazole rings is 2. The number of aromatic nitrogens is 2. The van der Waals surface area contributed by atoms with Crippen molar-refractivity contribution in [3.05, 3.63) is 78.6 Å². The minimum absolute atomic E-state index is 0.0655. The molecule has 21 heteroatoms. The van der Waals surface area contributed by atoms with E-state index >= 15 is 0 Å². The summed E-state index contributed by atoms with van der Waals surface area (Å²) in [5.74, 6) is -6.49. The fourth-order valence-corrected chi connectivity index (χ4v) is 8.17. The molecule has 2 aliphatic heterocycles. The van der Waals surface area contributed by atoms with Crippen LogP contribution in [0.3, 0.4) is 0 Å². The summed E-state index contributed by atoms with van der Waals surface area (Å²) >= 11 is 1.81. The van der Waals surface area contributed by atoms with Gasteiger partial charge in [-0.3, -0.25) is 14.5 Å². The molecule has 2 aromatic heterocycles. The number of amides is 1. The molecule has 4 aromatic rings. The van der Waals surface area contributed by atoms with Crippen molar-refractivity contribution >= 4 is 50.7 Å². The average molecular weight is 834 g/mol. The van der Waals surface area contributed by atoms with Gasteiger partial charge in [0, 0.05) is 43.7 Å². The number of carbonyl (C=O) groups excluding carboxylic acids is 3. The Morgan fingerprint density at radius 2 is 1.75 bits per heavy atom. The number of carbonyl (C=O) groups is 3. The first-order chi connectivity index (χ1) is 26.4. The van der Waals surface area contributed by atoms with Crippen LogP contribution in [0, 0.1) is 12.7 Å². The van der Waals surface area contributed by atoms with E-state index in [0.29, 0.717) is 80.3 Å². The van der Waals surface area contributed by atoms with E-state index in [1.807, 2.05) is 6.92 Å². The summed E-state index contributed by atoms with van der Waals surface area (Å²) in [5.41, 5.74) is 0.590. The molecule has 0 radical (unpaired) electrons. The van der Waals surface area contributed by atoms with E-state index in [4.69, 9.17) is 9.47 Å². The zero-order valence-electron chi connectivity index (χ0n) is 29.5. The third-order valence-electron chi connectivity index (χ3n) is 9.32. The third-order valence-corrected chi connectivity index (χ3v) is 11.0. The minimum atomic E-state index is -5.40. The minimum Gasteiger partial charge on any atom is -0.449 e. The first kappa shape index (κ1) is 41.2. The van der Waals surface area contributed by atoms with E-state index in [1.165, 1.54) is 23.5 Å². The van der Waals surface area contributed by atoms with E-state index in [-0.39, 0.29) is 29.1 Å². The predicted molar refractivity (Wildman–Crippen MR) is 188 cm³/mol. The van der Waals surface area contributed by atoms with Crippen LogP contribution in [-0.4, -0.2) is 101 Å². The van der Waals surface area contributed by atoms with Gasteiger partial charge >= 0.3 is 29.2 Å². The normalized spacial score (nSPS) is 17.0. The highest BCUT2D eigenvalue weighted by atomic mass is 32.1. The predicted octanol–water partition coefficient (Wildman–Crippen LogP) is 5.45. The van der Waals surface area contributed by atoms with Gasteiger partial charge in [0.2, 0.25) is 0 Å². The molecule has 56 heavy (non-hydrogen) atoms. The quantitative estimate of drug-likeness (QED) is 0.0868. The number of nitrogens with zero attached hydrogens (tertiary/aromatic N) is 3. The fraction of sp³-hybridized carbons (Fsp3) is 0.457. The molecule has 0 unspecified atom stereocenters. The van der Waals surface area contributed by atoms with Gasteiger partial charge in [-0.15, -0.1) is 11.3 Å². The van der Waals surface area contributed by atoms with Crippen molar-refractivity contribution in [3.63, 3.8) is 0 Å². The van der Waals surface area contributed by atoms with Crippen molar-refractivity contribution in [1.29, 1.82) is 0 Å². The van der Waals surface area contributed by atoms with E-state index in [1.54, 1.807) is 16.3 Å². The summed E-state index contributed by atoms with van der Waals surface area (Å²) in [6.45, 7) is 4.49. The Labute approximate surface area is 321 Å². The maximum atomic E-state index is 14.8. The fourth-order valence-electron chi connectivity index (χ4n) is 6.68. The number of halogens is 7. The first-order valence-corrected chi connectivity index (χ1v) is 18.9. The lowest BCUT2D eigenvalue weighted by Gasteiger charge is -2.47. The van der Waals surface area contributed by atoms with E-state index in [9.17, 15) is 49.9 Å². The molecule has 4 heterocycles. The molecule has 2 N–H and O–H groups in total. The second kappa shape index (κ2) is 16.6. The van der Waals surface area contributed by atoms with Crippen molar-refractivity contribution in [2.24, 2.45) is 0 Å². The molecular formula is C35H34F7N5O7S2. The first-order valence-electron chi connectivity index (χ1n) is 17.2. The molecule has 0 saturated carbocycles. The summed E-state index contributed by atoms with van der Waals surface area (Å²) in [5, 5.41) is 5.43. The van der Waals surface area contributed by atoms with E-state index in [2.05, 4.69) is 24.9 Å². The zero-order chi connectivity index (χ0) is 40.4. The molecule has 12 nitrogen and oxygen atoms in total. The van der Waals surface area contributed by atoms with Crippen LogP contribution in [0.1, 0.15) is 51.1 Å². The number of morpholine rings is 1. The Kier molecular flexibility index (Phi) is 12.2. The average Bonchev–Trinajstić information content (AvgIpc) is 3.75. The number of fused-ring (bicyclic) bond motifs is 1. The highest BCUT2D eigenvalue weighted by Crippen LogP contribution is 2.36. The van der Waals surface area contributed by atoms with Gasteiger partial charge in [0.05, 0.1) is 28.5 Å². The Morgan fingerprint density at radius 1 is 1.04 bits per heavy atom. The maximum Gasteiger partial charge on any atom is 0.491 e. The number of esters is 2. The Morgan fingerprint density at radius 3 is 2.43 bits per heavy atom. The van der Waals surface area contributed by atoms with Gasteiger partial charge < -0.3 is 29.4 Å². The lowest BCUT2D eigenvalue weighted by molar-refractivity contribution is -0.205. The number of alkyl halides is 6. The van der Waals surface area contributed by atoms with E-state index < -0.39 is 64.5 Å². The number of aromatic amines is 1. The molecule has 2 aromatic carbocycles. The van der Waals surface area contributed by atoms with Crippen LogP contribution in [0.2, 0.25) is 0 Å². The Hall–Kier alpha value is -4.44. The smallest absolute Gasteiger partial charge is 0.449 e. The summed E-state index contributed by atoms with van der Waals surface area (Å²) in [4.78, 5) is 58.1. The number of piperidine rings is 1. The van der Waals surface area contributed by atoms with Crippen LogP contribution in [0.15, 0.2) is 40.5 Å². The number of nitrogens with one attached hydrogen (secondary N) is 2. The van der Waals surface area contributed by atoms with Crippen molar-refractivity contribution in [2.75, 3.05) is 45.9 Å². The van der Waals surface area contributed by atoms with Gasteiger partial charge in [0.1, 0.15) is 23.1 Å². The lowest BCUT2D eigenvalue weighted by atomic mass is 9.89. The number of rotatable bonds is 11. The summed E-state index contributed by atoms with van der Waals surface area (Å²) in [7, 11) is 0. The molecule has 2 saturated heterocycles. The van der Waals surface area contributed by atoms with Crippen LogP contribution in [0.4, 0.5) is 30.7 Å².